The van der Waals surface area contributed by atoms with Gasteiger partial charge in [0.15, 0.2) is 0 Å². The summed E-state index contributed by atoms with van der Waals surface area (Å²) >= 11 is 0. The van der Waals surface area contributed by atoms with Gasteiger partial charge in [-0.1, -0.05) is 34.1 Å². The summed E-state index contributed by atoms with van der Waals surface area (Å²) in [6.07, 6.45) is 3.83. The second-order valence-electron chi connectivity index (χ2n) is 5.17. The van der Waals surface area contributed by atoms with Gasteiger partial charge in [0.2, 0.25) is 0 Å². The van der Waals surface area contributed by atoms with E-state index in [2.05, 4.69) is 27.7 Å². The summed E-state index contributed by atoms with van der Waals surface area (Å²) in [5, 5.41) is 0. The molecule has 0 radical (unpaired) electrons. The van der Waals surface area contributed by atoms with Gasteiger partial charge in [-0.15, -0.1) is 0 Å². The standard InChI is InChI=1S/C10H21N/c1-9(2,3)10(4)7-5-6-8(10)11/h8H,5-7,11H2,1-4H3/t8-,10?/m1/s1. The van der Waals surface area contributed by atoms with E-state index in [0.29, 0.717) is 16.9 Å². The number of hydrogen-bond acceptors (Lipinski definition) is 1. The Labute approximate surface area is 70.4 Å². The van der Waals surface area contributed by atoms with E-state index in [-0.39, 0.29) is 0 Å². The maximum atomic E-state index is 6.10. The first-order valence-corrected chi connectivity index (χ1v) is 4.63. The van der Waals surface area contributed by atoms with E-state index in [1.165, 1.54) is 19.3 Å². The van der Waals surface area contributed by atoms with Crippen LogP contribution >= 0.6 is 0 Å². The summed E-state index contributed by atoms with van der Waals surface area (Å²) in [6.45, 7) is 9.25. The molecule has 0 saturated heterocycles. The SMILES string of the molecule is CC(C)(C)C1(C)CCC[C@H]1N. The van der Waals surface area contributed by atoms with Crippen molar-refractivity contribution >= 4 is 0 Å². The summed E-state index contributed by atoms with van der Waals surface area (Å²) in [7, 11) is 0. The van der Waals surface area contributed by atoms with Crippen LogP contribution < -0.4 is 5.73 Å². The van der Waals surface area contributed by atoms with Crippen LogP contribution in [0, 0.1) is 10.8 Å². The smallest absolute Gasteiger partial charge is 0.00979 e. The van der Waals surface area contributed by atoms with Crippen LogP contribution in [0.15, 0.2) is 0 Å². The van der Waals surface area contributed by atoms with Gasteiger partial charge >= 0.3 is 0 Å². The third kappa shape index (κ3) is 1.31. The van der Waals surface area contributed by atoms with Crippen LogP contribution in [-0.2, 0) is 0 Å². The van der Waals surface area contributed by atoms with Crippen LogP contribution in [0.4, 0.5) is 0 Å². The zero-order chi connectivity index (χ0) is 8.70. The molecule has 1 rings (SSSR count). The van der Waals surface area contributed by atoms with Crippen molar-refractivity contribution in [1.82, 2.24) is 0 Å². The molecule has 1 unspecified atom stereocenters. The first-order chi connectivity index (χ1) is 4.88. The Kier molecular flexibility index (Phi) is 2.04. The molecular weight excluding hydrogens is 134 g/mol. The molecule has 2 N–H and O–H groups in total. The fourth-order valence-corrected chi connectivity index (χ4v) is 2.12. The van der Waals surface area contributed by atoms with Gasteiger partial charge in [0.25, 0.3) is 0 Å². The van der Waals surface area contributed by atoms with Gasteiger partial charge in [0, 0.05) is 6.04 Å². The molecule has 0 aromatic rings. The molecule has 11 heavy (non-hydrogen) atoms. The van der Waals surface area contributed by atoms with Crippen molar-refractivity contribution in [2.75, 3.05) is 0 Å². The Bertz CT molecular complexity index is 145. The molecule has 0 bridgehead atoms. The van der Waals surface area contributed by atoms with E-state index in [1.54, 1.807) is 0 Å². The van der Waals surface area contributed by atoms with E-state index in [4.69, 9.17) is 5.73 Å². The lowest BCUT2D eigenvalue weighted by atomic mass is 9.65. The van der Waals surface area contributed by atoms with Crippen LogP contribution in [-0.4, -0.2) is 6.04 Å². The highest BCUT2D eigenvalue weighted by atomic mass is 14.7. The van der Waals surface area contributed by atoms with Gasteiger partial charge in [-0.25, -0.2) is 0 Å². The van der Waals surface area contributed by atoms with Crippen molar-refractivity contribution in [1.29, 1.82) is 0 Å². The molecule has 0 aliphatic heterocycles. The zero-order valence-electron chi connectivity index (χ0n) is 8.28. The van der Waals surface area contributed by atoms with Crippen molar-refractivity contribution in [3.05, 3.63) is 0 Å². The van der Waals surface area contributed by atoms with E-state index in [1.807, 2.05) is 0 Å². The van der Waals surface area contributed by atoms with Gasteiger partial charge in [-0.05, 0) is 23.7 Å². The van der Waals surface area contributed by atoms with E-state index in [9.17, 15) is 0 Å². The highest BCUT2D eigenvalue weighted by Gasteiger charge is 2.45. The van der Waals surface area contributed by atoms with Crippen LogP contribution in [0.2, 0.25) is 0 Å². The molecule has 0 heterocycles. The van der Waals surface area contributed by atoms with Crippen molar-refractivity contribution in [2.24, 2.45) is 16.6 Å². The zero-order valence-corrected chi connectivity index (χ0v) is 8.28. The van der Waals surface area contributed by atoms with Crippen molar-refractivity contribution in [3.63, 3.8) is 0 Å². The number of nitrogens with two attached hydrogens (primary N) is 1. The monoisotopic (exact) mass is 155 g/mol. The molecule has 1 saturated carbocycles. The Morgan fingerprint density at radius 2 is 1.91 bits per heavy atom. The minimum absolute atomic E-state index is 0.364. The average molecular weight is 155 g/mol. The summed E-state index contributed by atoms with van der Waals surface area (Å²) in [4.78, 5) is 0. The highest BCUT2D eigenvalue weighted by Crippen LogP contribution is 2.49. The van der Waals surface area contributed by atoms with Crippen LogP contribution in [0.25, 0.3) is 0 Å². The fraction of sp³-hybridized carbons (Fsp3) is 1.00. The van der Waals surface area contributed by atoms with E-state index < -0.39 is 0 Å². The highest BCUT2D eigenvalue weighted by molar-refractivity contribution is 4.98. The molecule has 1 aliphatic rings. The quantitative estimate of drug-likeness (QED) is 0.571. The van der Waals surface area contributed by atoms with E-state index in [0.717, 1.165) is 0 Å². The fourth-order valence-electron chi connectivity index (χ4n) is 2.12. The molecule has 1 nitrogen and oxygen atoms in total. The lowest BCUT2D eigenvalue weighted by molar-refractivity contribution is 0.0970. The molecule has 66 valence electrons. The van der Waals surface area contributed by atoms with Crippen molar-refractivity contribution in [3.8, 4) is 0 Å². The van der Waals surface area contributed by atoms with Gasteiger partial charge < -0.3 is 5.73 Å². The topological polar surface area (TPSA) is 26.0 Å². The van der Waals surface area contributed by atoms with Gasteiger partial charge in [0.05, 0.1) is 0 Å². The third-order valence-electron chi connectivity index (χ3n) is 3.74. The Morgan fingerprint density at radius 3 is 2.09 bits per heavy atom. The molecule has 0 amide bonds. The average Bonchev–Trinajstić information content (AvgIpc) is 2.12. The summed E-state index contributed by atoms with van der Waals surface area (Å²) in [6, 6.07) is 0.419. The normalized spacial score (nSPS) is 39.5. The molecule has 1 heteroatoms. The van der Waals surface area contributed by atoms with Crippen molar-refractivity contribution < 1.29 is 0 Å². The van der Waals surface area contributed by atoms with Gasteiger partial charge in [-0.2, -0.15) is 0 Å². The maximum absolute atomic E-state index is 6.10. The van der Waals surface area contributed by atoms with E-state index >= 15 is 0 Å². The molecule has 0 aromatic carbocycles. The maximum Gasteiger partial charge on any atom is 0.00979 e. The lowest BCUT2D eigenvalue weighted by Gasteiger charge is -2.42. The summed E-state index contributed by atoms with van der Waals surface area (Å²) < 4.78 is 0. The first-order valence-electron chi connectivity index (χ1n) is 4.63. The van der Waals surface area contributed by atoms with Gasteiger partial charge in [-0.3, -0.25) is 0 Å². The second kappa shape index (κ2) is 2.48. The van der Waals surface area contributed by atoms with Crippen LogP contribution in [0.3, 0.4) is 0 Å². The third-order valence-corrected chi connectivity index (χ3v) is 3.74. The molecule has 1 aliphatic carbocycles. The molecular formula is C10H21N. The minimum Gasteiger partial charge on any atom is -0.327 e. The number of hydrogen-bond donors (Lipinski definition) is 1. The molecule has 0 aromatic heterocycles. The predicted molar refractivity (Wildman–Crippen MR) is 49.4 cm³/mol. The number of rotatable bonds is 0. The lowest BCUT2D eigenvalue weighted by Crippen LogP contribution is -2.44. The second-order valence-corrected chi connectivity index (χ2v) is 5.17. The van der Waals surface area contributed by atoms with Crippen LogP contribution in [0.5, 0.6) is 0 Å². The molecule has 1 fully saturated rings. The summed E-state index contributed by atoms with van der Waals surface area (Å²) in [5.41, 5.74) is 6.83. The molecule has 0 spiro atoms. The Balaban J connectivity index is 2.81. The Hall–Kier alpha value is -0.0400. The predicted octanol–water partition coefficient (Wildman–Crippen LogP) is 2.55. The summed E-state index contributed by atoms with van der Waals surface area (Å²) in [5.74, 6) is 0. The molecule has 2 atom stereocenters. The first kappa shape index (κ1) is 9.05. The van der Waals surface area contributed by atoms with Gasteiger partial charge in [0.1, 0.15) is 0 Å². The minimum atomic E-state index is 0.364. The van der Waals surface area contributed by atoms with Crippen LogP contribution in [0.1, 0.15) is 47.0 Å². The largest absolute Gasteiger partial charge is 0.327 e. The Morgan fingerprint density at radius 1 is 1.36 bits per heavy atom. The van der Waals surface area contributed by atoms with Crippen molar-refractivity contribution in [2.45, 2.75) is 53.0 Å².